The van der Waals surface area contributed by atoms with Gasteiger partial charge >= 0.3 is 7.12 Å². The molecule has 1 heterocycles. The van der Waals surface area contributed by atoms with Crippen molar-refractivity contribution in [1.29, 1.82) is 0 Å². The summed E-state index contributed by atoms with van der Waals surface area (Å²) >= 11 is 6.05. The zero-order valence-electron chi connectivity index (χ0n) is 11.8. The molecular weight excluding hydrogens is 276 g/mol. The van der Waals surface area contributed by atoms with E-state index in [1.165, 1.54) is 18.9 Å². The average Bonchev–Trinajstić information content (AvgIpc) is 2.42. The van der Waals surface area contributed by atoms with Gasteiger partial charge in [0.05, 0.1) is 5.02 Å². The molecule has 2 rings (SSSR count). The van der Waals surface area contributed by atoms with E-state index in [1.54, 1.807) is 12.1 Å². The molecule has 1 fully saturated rings. The lowest BCUT2D eigenvalue weighted by atomic mass is 9.80. The van der Waals surface area contributed by atoms with Gasteiger partial charge in [0.1, 0.15) is 12.4 Å². The monoisotopic (exact) mass is 297 g/mol. The number of benzene rings is 1. The van der Waals surface area contributed by atoms with Crippen LogP contribution in [0.1, 0.15) is 19.8 Å². The molecule has 0 bridgehead atoms. The first-order valence-electron chi connectivity index (χ1n) is 7.07. The van der Waals surface area contributed by atoms with Crippen LogP contribution in [0.5, 0.6) is 5.75 Å². The summed E-state index contributed by atoms with van der Waals surface area (Å²) in [4.78, 5) is 2.40. The lowest BCUT2D eigenvalue weighted by Gasteiger charge is -2.29. The third-order valence-corrected chi connectivity index (χ3v) is 4.09. The van der Waals surface area contributed by atoms with Crippen molar-refractivity contribution in [3.63, 3.8) is 0 Å². The standard InChI is InChI=1S/C14H21BClNO3/c1-11-4-6-17(7-5-11)8-9-20-14-3-2-12(15(18)19)10-13(14)16/h2-3,10-11,18-19H,4-9H2,1H3. The summed E-state index contributed by atoms with van der Waals surface area (Å²) in [5.41, 5.74) is 0.368. The molecule has 1 aliphatic heterocycles. The van der Waals surface area contributed by atoms with Crippen molar-refractivity contribution >= 4 is 24.2 Å². The Balaban J connectivity index is 1.79. The maximum Gasteiger partial charge on any atom is 0.488 e. The van der Waals surface area contributed by atoms with Crippen molar-refractivity contribution in [2.75, 3.05) is 26.2 Å². The molecule has 0 atom stereocenters. The van der Waals surface area contributed by atoms with E-state index in [-0.39, 0.29) is 0 Å². The van der Waals surface area contributed by atoms with Gasteiger partial charge in [-0.1, -0.05) is 24.6 Å². The van der Waals surface area contributed by atoms with Crippen molar-refractivity contribution in [1.82, 2.24) is 4.90 Å². The molecular formula is C14H21BClNO3. The highest BCUT2D eigenvalue weighted by atomic mass is 35.5. The second-order valence-corrected chi connectivity index (χ2v) is 5.84. The van der Waals surface area contributed by atoms with E-state index in [0.29, 0.717) is 22.8 Å². The molecule has 0 saturated carbocycles. The van der Waals surface area contributed by atoms with Gasteiger partial charge in [-0.25, -0.2) is 0 Å². The van der Waals surface area contributed by atoms with Crippen LogP contribution < -0.4 is 10.2 Å². The number of likely N-dealkylation sites (tertiary alicyclic amines) is 1. The van der Waals surface area contributed by atoms with E-state index >= 15 is 0 Å². The van der Waals surface area contributed by atoms with Gasteiger partial charge in [0, 0.05) is 6.54 Å². The van der Waals surface area contributed by atoms with Crippen LogP contribution in [0, 0.1) is 5.92 Å². The van der Waals surface area contributed by atoms with E-state index in [9.17, 15) is 0 Å². The number of hydrogen-bond donors (Lipinski definition) is 2. The van der Waals surface area contributed by atoms with Crippen LogP contribution in [0.3, 0.4) is 0 Å². The third-order valence-electron chi connectivity index (χ3n) is 3.80. The fourth-order valence-corrected chi connectivity index (χ4v) is 2.61. The van der Waals surface area contributed by atoms with Crippen LogP contribution in [-0.2, 0) is 0 Å². The Morgan fingerprint density at radius 3 is 2.65 bits per heavy atom. The van der Waals surface area contributed by atoms with Gasteiger partial charge in [-0.15, -0.1) is 0 Å². The molecule has 0 aliphatic carbocycles. The van der Waals surface area contributed by atoms with Gasteiger partial charge in [-0.3, -0.25) is 4.90 Å². The van der Waals surface area contributed by atoms with Gasteiger partial charge in [-0.05, 0) is 49.4 Å². The van der Waals surface area contributed by atoms with E-state index in [2.05, 4.69) is 11.8 Å². The Morgan fingerprint density at radius 1 is 1.35 bits per heavy atom. The summed E-state index contributed by atoms with van der Waals surface area (Å²) in [6, 6.07) is 4.80. The Bertz CT molecular complexity index is 436. The molecule has 0 aromatic heterocycles. The van der Waals surface area contributed by atoms with Gasteiger partial charge < -0.3 is 14.8 Å². The largest absolute Gasteiger partial charge is 0.491 e. The molecule has 1 aliphatic rings. The summed E-state index contributed by atoms with van der Waals surface area (Å²) in [6.07, 6.45) is 2.51. The fourth-order valence-electron chi connectivity index (χ4n) is 2.37. The van der Waals surface area contributed by atoms with Crippen LogP contribution in [-0.4, -0.2) is 48.3 Å². The Hall–Kier alpha value is -0.745. The number of hydrogen-bond acceptors (Lipinski definition) is 4. The van der Waals surface area contributed by atoms with E-state index < -0.39 is 7.12 Å². The number of halogens is 1. The Labute approximate surface area is 125 Å². The minimum atomic E-state index is -1.50. The van der Waals surface area contributed by atoms with Crippen molar-refractivity contribution in [2.45, 2.75) is 19.8 Å². The number of rotatable bonds is 5. The van der Waals surface area contributed by atoms with Gasteiger partial charge in [0.25, 0.3) is 0 Å². The van der Waals surface area contributed by atoms with E-state index in [0.717, 1.165) is 25.6 Å². The topological polar surface area (TPSA) is 52.9 Å². The summed E-state index contributed by atoms with van der Waals surface area (Å²) < 4.78 is 5.66. The van der Waals surface area contributed by atoms with E-state index in [1.807, 2.05) is 0 Å². The third kappa shape index (κ3) is 4.38. The fraction of sp³-hybridized carbons (Fsp3) is 0.571. The quantitative estimate of drug-likeness (QED) is 0.800. The van der Waals surface area contributed by atoms with Crippen molar-refractivity contribution in [2.24, 2.45) is 5.92 Å². The second kappa shape index (κ2) is 7.32. The van der Waals surface area contributed by atoms with Crippen LogP contribution >= 0.6 is 11.6 Å². The molecule has 0 radical (unpaired) electrons. The highest BCUT2D eigenvalue weighted by Crippen LogP contribution is 2.22. The van der Waals surface area contributed by atoms with Gasteiger partial charge in [-0.2, -0.15) is 0 Å². The van der Waals surface area contributed by atoms with Crippen LogP contribution in [0.25, 0.3) is 0 Å². The summed E-state index contributed by atoms with van der Waals surface area (Å²) in [7, 11) is -1.50. The predicted octanol–water partition coefficient (Wildman–Crippen LogP) is 1.13. The van der Waals surface area contributed by atoms with E-state index in [4.69, 9.17) is 26.4 Å². The predicted molar refractivity (Wildman–Crippen MR) is 81.6 cm³/mol. The van der Waals surface area contributed by atoms with Crippen molar-refractivity contribution in [3.05, 3.63) is 23.2 Å². The minimum absolute atomic E-state index is 0.368. The van der Waals surface area contributed by atoms with Crippen LogP contribution in [0.15, 0.2) is 18.2 Å². The highest BCUT2D eigenvalue weighted by molar-refractivity contribution is 6.59. The number of nitrogens with zero attached hydrogens (tertiary/aromatic N) is 1. The molecule has 4 nitrogen and oxygen atoms in total. The smallest absolute Gasteiger partial charge is 0.488 e. The molecule has 1 saturated heterocycles. The molecule has 6 heteroatoms. The first-order valence-corrected chi connectivity index (χ1v) is 7.45. The van der Waals surface area contributed by atoms with Crippen LogP contribution in [0.2, 0.25) is 5.02 Å². The molecule has 2 N–H and O–H groups in total. The second-order valence-electron chi connectivity index (χ2n) is 5.44. The first kappa shape index (κ1) is 15.6. The summed E-state index contributed by atoms with van der Waals surface area (Å²) in [5, 5.41) is 18.5. The number of piperidine rings is 1. The molecule has 0 amide bonds. The molecule has 110 valence electrons. The van der Waals surface area contributed by atoms with Gasteiger partial charge in [0.2, 0.25) is 0 Å². The van der Waals surface area contributed by atoms with Crippen molar-refractivity contribution < 1.29 is 14.8 Å². The maximum absolute atomic E-state index is 9.06. The SMILES string of the molecule is CC1CCN(CCOc2ccc(B(O)O)cc2Cl)CC1. The highest BCUT2D eigenvalue weighted by Gasteiger charge is 2.16. The lowest BCUT2D eigenvalue weighted by molar-refractivity contribution is 0.160. The molecule has 1 aromatic rings. The molecule has 20 heavy (non-hydrogen) atoms. The van der Waals surface area contributed by atoms with Gasteiger partial charge in [0.15, 0.2) is 0 Å². The average molecular weight is 298 g/mol. The molecule has 0 unspecified atom stereocenters. The Kier molecular flexibility index (Phi) is 5.72. The normalized spacial score (nSPS) is 17.2. The summed E-state index contributed by atoms with van der Waals surface area (Å²) in [5.74, 6) is 1.42. The molecule has 1 aromatic carbocycles. The number of ether oxygens (including phenoxy) is 1. The first-order chi connectivity index (χ1) is 9.56. The van der Waals surface area contributed by atoms with Crippen LogP contribution in [0.4, 0.5) is 0 Å². The van der Waals surface area contributed by atoms with Crippen molar-refractivity contribution in [3.8, 4) is 5.75 Å². The lowest BCUT2D eigenvalue weighted by Crippen LogP contribution is -2.35. The maximum atomic E-state index is 9.06. The summed E-state index contributed by atoms with van der Waals surface area (Å²) in [6.45, 7) is 6.05. The zero-order chi connectivity index (χ0) is 14.5. The molecule has 0 spiro atoms. The Morgan fingerprint density at radius 2 is 2.05 bits per heavy atom. The minimum Gasteiger partial charge on any atom is -0.491 e. The zero-order valence-corrected chi connectivity index (χ0v) is 12.5.